The van der Waals surface area contributed by atoms with Gasteiger partial charge in [0.25, 0.3) is 0 Å². The van der Waals surface area contributed by atoms with Gasteiger partial charge in [0.2, 0.25) is 0 Å². The predicted molar refractivity (Wildman–Crippen MR) is 101 cm³/mol. The highest BCUT2D eigenvalue weighted by Gasteiger charge is 2.60. The van der Waals surface area contributed by atoms with Crippen molar-refractivity contribution in [2.75, 3.05) is 6.61 Å². The zero-order valence-corrected chi connectivity index (χ0v) is 17.7. The molecule has 2 rings (SSSR count). The van der Waals surface area contributed by atoms with Crippen molar-refractivity contribution in [1.82, 2.24) is 0 Å². The average Bonchev–Trinajstić information content (AvgIpc) is 3.21. The summed E-state index contributed by atoms with van der Waals surface area (Å²) in [6.07, 6.45) is 2.68. The highest BCUT2D eigenvalue weighted by molar-refractivity contribution is 5.67. The first kappa shape index (κ1) is 22.4. The largest absolute Gasteiger partial charge is 0.462 e. The summed E-state index contributed by atoms with van der Waals surface area (Å²) in [6, 6.07) is 0. The number of esters is 3. The first-order chi connectivity index (χ1) is 13.0. The summed E-state index contributed by atoms with van der Waals surface area (Å²) < 4.78 is 22.6. The van der Waals surface area contributed by atoms with Crippen molar-refractivity contribution >= 4 is 17.9 Å². The molecule has 0 aromatic heterocycles. The molecule has 0 bridgehead atoms. The van der Waals surface area contributed by atoms with Crippen LogP contribution in [0.2, 0.25) is 0 Å². The summed E-state index contributed by atoms with van der Waals surface area (Å²) in [5.74, 6) is -1.34. The van der Waals surface area contributed by atoms with Crippen LogP contribution in [0.3, 0.4) is 0 Å². The molecule has 0 amide bonds. The van der Waals surface area contributed by atoms with Crippen molar-refractivity contribution in [2.45, 2.75) is 84.7 Å². The summed E-state index contributed by atoms with van der Waals surface area (Å²) in [6.45, 7) is 10.3. The van der Waals surface area contributed by atoms with Crippen LogP contribution in [0.4, 0.5) is 0 Å². The van der Waals surface area contributed by atoms with Crippen LogP contribution in [0.5, 0.6) is 0 Å². The maximum absolute atomic E-state index is 11.8. The van der Waals surface area contributed by atoms with Crippen molar-refractivity contribution < 1.29 is 33.3 Å². The number of hydrogen-bond acceptors (Lipinski definition) is 7. The van der Waals surface area contributed by atoms with E-state index in [9.17, 15) is 14.4 Å². The Morgan fingerprint density at radius 2 is 1.79 bits per heavy atom. The molecular weight excluding hydrogens is 364 g/mol. The summed E-state index contributed by atoms with van der Waals surface area (Å²) in [7, 11) is 0. The number of carbonyl (C=O) groups excluding carboxylic acids is 3. The predicted octanol–water partition coefficient (Wildman–Crippen LogP) is 2.95. The van der Waals surface area contributed by atoms with Crippen LogP contribution in [-0.2, 0) is 33.3 Å². The molecular formula is C21H32O7. The van der Waals surface area contributed by atoms with E-state index in [1.165, 1.54) is 20.8 Å². The van der Waals surface area contributed by atoms with Crippen molar-refractivity contribution in [3.05, 3.63) is 11.6 Å². The van der Waals surface area contributed by atoms with E-state index in [4.69, 9.17) is 18.9 Å². The average molecular weight is 396 g/mol. The van der Waals surface area contributed by atoms with Crippen LogP contribution in [0.15, 0.2) is 11.6 Å². The topological polar surface area (TPSA) is 91.4 Å². The van der Waals surface area contributed by atoms with Gasteiger partial charge in [-0.3, -0.25) is 14.4 Å². The molecule has 2 aliphatic rings. The van der Waals surface area contributed by atoms with Gasteiger partial charge in [-0.05, 0) is 31.3 Å². The van der Waals surface area contributed by atoms with Crippen molar-refractivity contribution in [2.24, 2.45) is 11.8 Å². The minimum atomic E-state index is -0.518. The summed E-state index contributed by atoms with van der Waals surface area (Å²) in [5.41, 5.74) is 0.491. The molecule has 0 spiro atoms. The lowest BCUT2D eigenvalue weighted by molar-refractivity contribution is -0.163. The van der Waals surface area contributed by atoms with Gasteiger partial charge in [0.15, 0.2) is 0 Å². The van der Waals surface area contributed by atoms with E-state index in [0.29, 0.717) is 6.42 Å². The number of ether oxygens (including phenoxy) is 4. The van der Waals surface area contributed by atoms with Crippen molar-refractivity contribution in [1.29, 1.82) is 0 Å². The molecule has 1 fully saturated rings. The number of rotatable bonds is 5. The van der Waals surface area contributed by atoms with Gasteiger partial charge in [-0.15, -0.1) is 0 Å². The highest BCUT2D eigenvalue weighted by atomic mass is 16.6. The lowest BCUT2D eigenvalue weighted by Gasteiger charge is -2.36. The number of epoxide rings is 1. The Morgan fingerprint density at radius 1 is 1.14 bits per heavy atom. The third-order valence-corrected chi connectivity index (χ3v) is 5.44. The standard InChI is InChI=1S/C21H32O7/c1-12(2)18-17(26-14(4)23)10-16(11-25-13(3)22)8-7-9-21(6)20(28-21)19(18)27-15(5)24/h8,12,17-20H,7,9-11H2,1-6H3/b16-8+/t17-,18+,19+,20-,21-/m1/s1. The highest BCUT2D eigenvalue weighted by Crippen LogP contribution is 2.48. The Morgan fingerprint density at radius 3 is 2.32 bits per heavy atom. The van der Waals surface area contributed by atoms with Gasteiger partial charge in [0, 0.05) is 33.1 Å². The Kier molecular flexibility index (Phi) is 7.26. The first-order valence-electron chi connectivity index (χ1n) is 9.87. The lowest BCUT2D eigenvalue weighted by atomic mass is 9.78. The lowest BCUT2D eigenvalue weighted by Crippen LogP contribution is -2.45. The monoisotopic (exact) mass is 396 g/mol. The molecule has 0 radical (unpaired) electrons. The Hall–Kier alpha value is -1.89. The van der Waals surface area contributed by atoms with E-state index < -0.39 is 23.8 Å². The van der Waals surface area contributed by atoms with Crippen LogP contribution < -0.4 is 0 Å². The fraction of sp³-hybridized carbons (Fsp3) is 0.762. The summed E-state index contributed by atoms with van der Waals surface area (Å²) >= 11 is 0. The van der Waals surface area contributed by atoms with Crippen LogP contribution >= 0.6 is 0 Å². The first-order valence-corrected chi connectivity index (χ1v) is 9.87. The van der Waals surface area contributed by atoms with E-state index >= 15 is 0 Å². The number of hydrogen-bond donors (Lipinski definition) is 0. The Balaban J connectivity index is 2.40. The Labute approximate surface area is 166 Å². The fourth-order valence-corrected chi connectivity index (χ4v) is 4.11. The molecule has 1 saturated heterocycles. The maximum Gasteiger partial charge on any atom is 0.303 e. The van der Waals surface area contributed by atoms with Gasteiger partial charge < -0.3 is 18.9 Å². The van der Waals surface area contributed by atoms with Gasteiger partial charge in [0.1, 0.15) is 24.9 Å². The number of allylic oxidation sites excluding steroid dienone is 1. The quantitative estimate of drug-likeness (QED) is 0.305. The van der Waals surface area contributed by atoms with Crippen LogP contribution in [0.25, 0.3) is 0 Å². The van der Waals surface area contributed by atoms with Gasteiger partial charge in [-0.1, -0.05) is 19.9 Å². The van der Waals surface area contributed by atoms with Crippen LogP contribution in [-0.4, -0.2) is 48.4 Å². The van der Waals surface area contributed by atoms with Crippen molar-refractivity contribution in [3.8, 4) is 0 Å². The van der Waals surface area contributed by atoms with Gasteiger partial charge in [0.05, 0.1) is 5.60 Å². The van der Waals surface area contributed by atoms with Crippen LogP contribution in [0, 0.1) is 11.8 Å². The zero-order valence-electron chi connectivity index (χ0n) is 17.7. The smallest absolute Gasteiger partial charge is 0.303 e. The molecule has 0 N–H and O–H groups in total. The third kappa shape index (κ3) is 5.80. The number of carbonyl (C=O) groups is 3. The summed E-state index contributed by atoms with van der Waals surface area (Å²) in [4.78, 5) is 34.9. The molecule has 1 heterocycles. The van der Waals surface area contributed by atoms with Gasteiger partial charge in [-0.2, -0.15) is 0 Å². The fourth-order valence-electron chi connectivity index (χ4n) is 4.11. The molecule has 1 aliphatic carbocycles. The van der Waals surface area contributed by atoms with E-state index in [2.05, 4.69) is 0 Å². The second-order valence-electron chi connectivity index (χ2n) is 8.28. The van der Waals surface area contributed by atoms with Crippen molar-refractivity contribution in [3.63, 3.8) is 0 Å². The Bertz CT molecular complexity index is 639. The van der Waals surface area contributed by atoms with Crippen LogP contribution in [0.1, 0.15) is 60.8 Å². The normalized spacial score (nSPS) is 34.5. The van der Waals surface area contributed by atoms with E-state index in [0.717, 1.165) is 18.4 Å². The number of fused-ring (bicyclic) bond motifs is 1. The molecule has 7 heteroatoms. The second kappa shape index (κ2) is 9.07. The molecule has 0 unspecified atom stereocenters. The SMILES string of the molecule is CC(=O)OC/C1=C/CC[C@@]2(C)O[C@@H]2[C@@H](OC(C)=O)[C@@H](C(C)C)[C@H](OC(C)=O)C1. The minimum Gasteiger partial charge on any atom is -0.462 e. The maximum atomic E-state index is 11.8. The van der Waals surface area contributed by atoms with E-state index in [-0.39, 0.29) is 36.5 Å². The molecule has 0 aromatic rings. The van der Waals surface area contributed by atoms with E-state index in [1.807, 2.05) is 26.8 Å². The minimum absolute atomic E-state index is 0.0663. The summed E-state index contributed by atoms with van der Waals surface area (Å²) in [5, 5.41) is 0. The molecule has 0 aromatic carbocycles. The molecule has 158 valence electrons. The van der Waals surface area contributed by atoms with E-state index in [1.54, 1.807) is 0 Å². The van der Waals surface area contributed by atoms with Gasteiger partial charge >= 0.3 is 17.9 Å². The second-order valence-corrected chi connectivity index (χ2v) is 8.28. The molecule has 5 atom stereocenters. The molecule has 7 nitrogen and oxygen atoms in total. The molecule has 0 saturated carbocycles. The third-order valence-electron chi connectivity index (χ3n) is 5.44. The zero-order chi connectivity index (χ0) is 21.1. The molecule has 28 heavy (non-hydrogen) atoms. The molecule has 1 aliphatic heterocycles. The van der Waals surface area contributed by atoms with Gasteiger partial charge in [-0.25, -0.2) is 0 Å².